The van der Waals surface area contributed by atoms with Crippen molar-refractivity contribution < 1.29 is 22.7 Å². The van der Waals surface area contributed by atoms with Gasteiger partial charge in [-0.25, -0.2) is 8.42 Å². The lowest BCUT2D eigenvalue weighted by Crippen LogP contribution is -2.51. The maximum atomic E-state index is 13.5. The Bertz CT molecular complexity index is 1070. The lowest BCUT2D eigenvalue weighted by Gasteiger charge is -2.32. The Morgan fingerprint density at radius 2 is 1.73 bits per heavy atom. The summed E-state index contributed by atoms with van der Waals surface area (Å²) in [6.45, 7) is 5.73. The van der Waals surface area contributed by atoms with Crippen molar-refractivity contribution in [1.29, 1.82) is 0 Å². The predicted molar refractivity (Wildman–Crippen MR) is 130 cm³/mol. The quantitative estimate of drug-likeness (QED) is 0.539. The van der Waals surface area contributed by atoms with Crippen LogP contribution in [0, 0.1) is 6.92 Å². The molecule has 0 aromatic heterocycles. The summed E-state index contributed by atoms with van der Waals surface area (Å²) < 4.78 is 31.6. The summed E-state index contributed by atoms with van der Waals surface area (Å²) >= 11 is 0. The van der Waals surface area contributed by atoms with Crippen molar-refractivity contribution in [3.8, 4) is 5.75 Å². The number of rotatable bonds is 11. The zero-order valence-corrected chi connectivity index (χ0v) is 20.7. The smallest absolute Gasteiger partial charge is 0.244 e. The van der Waals surface area contributed by atoms with E-state index < -0.39 is 28.5 Å². The van der Waals surface area contributed by atoms with Crippen LogP contribution in [-0.2, 0) is 26.2 Å². The first-order valence-corrected chi connectivity index (χ1v) is 12.7. The van der Waals surface area contributed by atoms with E-state index in [4.69, 9.17) is 4.74 Å². The lowest BCUT2D eigenvalue weighted by atomic mass is 10.1. The van der Waals surface area contributed by atoms with E-state index >= 15 is 0 Å². The van der Waals surface area contributed by atoms with Crippen LogP contribution in [0.2, 0.25) is 0 Å². The number of hydrogen-bond acceptors (Lipinski definition) is 5. The van der Waals surface area contributed by atoms with Crippen molar-refractivity contribution >= 4 is 27.5 Å². The molecule has 1 N–H and O–H groups in total. The highest BCUT2D eigenvalue weighted by atomic mass is 32.2. The second kappa shape index (κ2) is 11.7. The zero-order chi connectivity index (χ0) is 24.6. The lowest BCUT2D eigenvalue weighted by molar-refractivity contribution is -0.139. The Balaban J connectivity index is 2.42. The van der Waals surface area contributed by atoms with Crippen LogP contribution < -0.4 is 14.4 Å². The van der Waals surface area contributed by atoms with Crippen LogP contribution in [0.3, 0.4) is 0 Å². The van der Waals surface area contributed by atoms with Crippen molar-refractivity contribution in [3.05, 3.63) is 59.7 Å². The third-order valence-corrected chi connectivity index (χ3v) is 6.48. The first-order chi connectivity index (χ1) is 15.6. The molecule has 2 rings (SSSR count). The molecule has 0 fully saturated rings. The molecule has 9 heteroatoms. The van der Waals surface area contributed by atoms with E-state index in [0.29, 0.717) is 12.3 Å². The number of anilines is 1. The molecule has 0 aliphatic rings. The molecule has 0 heterocycles. The van der Waals surface area contributed by atoms with Gasteiger partial charge in [0, 0.05) is 13.1 Å². The molecule has 2 aromatic carbocycles. The number of aryl methyl sites for hydroxylation is 1. The molecule has 0 radical (unpaired) electrons. The predicted octanol–water partition coefficient (Wildman–Crippen LogP) is 2.71. The topological polar surface area (TPSA) is 96.0 Å². The molecule has 180 valence electrons. The average molecular weight is 476 g/mol. The fourth-order valence-electron chi connectivity index (χ4n) is 3.38. The molecule has 0 saturated heterocycles. The normalized spacial score (nSPS) is 12.0. The zero-order valence-electron chi connectivity index (χ0n) is 19.9. The molecule has 0 unspecified atom stereocenters. The number of sulfonamides is 1. The molecule has 2 amide bonds. The second-order valence-corrected chi connectivity index (χ2v) is 9.76. The van der Waals surface area contributed by atoms with Gasteiger partial charge in [-0.2, -0.15) is 0 Å². The number of hydrogen-bond donors (Lipinski definition) is 1. The van der Waals surface area contributed by atoms with Crippen LogP contribution in [0.25, 0.3) is 0 Å². The van der Waals surface area contributed by atoms with Gasteiger partial charge in [-0.3, -0.25) is 13.9 Å². The highest BCUT2D eigenvalue weighted by molar-refractivity contribution is 7.92. The molecule has 8 nitrogen and oxygen atoms in total. The summed E-state index contributed by atoms with van der Waals surface area (Å²) in [4.78, 5) is 27.6. The van der Waals surface area contributed by atoms with E-state index in [1.165, 1.54) is 12.0 Å². The van der Waals surface area contributed by atoms with Gasteiger partial charge >= 0.3 is 0 Å². The van der Waals surface area contributed by atoms with Crippen molar-refractivity contribution in [1.82, 2.24) is 10.2 Å². The molecule has 1 atom stereocenters. The van der Waals surface area contributed by atoms with Gasteiger partial charge in [0.1, 0.15) is 18.3 Å². The summed E-state index contributed by atoms with van der Waals surface area (Å²) in [7, 11) is -2.38. The maximum Gasteiger partial charge on any atom is 0.244 e. The number of amides is 2. The van der Waals surface area contributed by atoms with Gasteiger partial charge in [-0.15, -0.1) is 0 Å². The number of nitrogens with one attached hydrogen (secondary N) is 1. The van der Waals surface area contributed by atoms with Gasteiger partial charge in [0.25, 0.3) is 0 Å². The van der Waals surface area contributed by atoms with Gasteiger partial charge in [0.05, 0.1) is 19.1 Å². The van der Waals surface area contributed by atoms with Crippen molar-refractivity contribution in [3.63, 3.8) is 0 Å². The Morgan fingerprint density at radius 1 is 1.09 bits per heavy atom. The number of carbonyl (C=O) groups excluding carboxylic acids is 2. The summed E-state index contributed by atoms with van der Waals surface area (Å²) in [6, 6.07) is 13.4. The summed E-state index contributed by atoms with van der Waals surface area (Å²) in [5.41, 5.74) is 2.11. The van der Waals surface area contributed by atoms with Gasteiger partial charge in [-0.05, 0) is 43.5 Å². The van der Waals surface area contributed by atoms with Crippen LogP contribution in [0.5, 0.6) is 5.75 Å². The van der Waals surface area contributed by atoms with Crippen molar-refractivity contribution in [2.75, 3.05) is 30.8 Å². The van der Waals surface area contributed by atoms with E-state index in [1.54, 1.807) is 31.2 Å². The highest BCUT2D eigenvalue weighted by Crippen LogP contribution is 2.29. The Labute approximate surface area is 196 Å². The first-order valence-electron chi connectivity index (χ1n) is 10.8. The van der Waals surface area contributed by atoms with E-state index in [0.717, 1.165) is 28.1 Å². The molecule has 0 aliphatic heterocycles. The Hall–Kier alpha value is -3.07. The molecule has 0 aliphatic carbocycles. The molecule has 0 saturated carbocycles. The van der Waals surface area contributed by atoms with E-state index in [1.807, 2.05) is 38.1 Å². The highest BCUT2D eigenvalue weighted by Gasteiger charge is 2.31. The van der Waals surface area contributed by atoms with Crippen molar-refractivity contribution in [2.24, 2.45) is 0 Å². The first kappa shape index (κ1) is 26.2. The van der Waals surface area contributed by atoms with Gasteiger partial charge < -0.3 is 15.0 Å². The Morgan fingerprint density at radius 3 is 2.33 bits per heavy atom. The van der Waals surface area contributed by atoms with Crippen LogP contribution in [-0.4, -0.2) is 57.6 Å². The number of methoxy groups -OCH3 is 1. The van der Waals surface area contributed by atoms with Gasteiger partial charge in [-0.1, -0.05) is 43.3 Å². The Kier molecular flexibility index (Phi) is 9.28. The fourth-order valence-corrected chi connectivity index (χ4v) is 4.23. The SMILES string of the molecule is CCCNC(=O)[C@@H](C)N(Cc1ccccc1C)C(=O)CN(c1ccccc1OC)S(C)(=O)=O. The summed E-state index contributed by atoms with van der Waals surface area (Å²) in [5, 5.41) is 2.82. The number of carbonyl (C=O) groups is 2. The number of ether oxygens (including phenoxy) is 1. The van der Waals surface area contributed by atoms with Gasteiger partial charge in [0.2, 0.25) is 21.8 Å². The van der Waals surface area contributed by atoms with Gasteiger partial charge in [0.15, 0.2) is 0 Å². The van der Waals surface area contributed by atoms with Crippen molar-refractivity contribution in [2.45, 2.75) is 39.8 Å². The largest absolute Gasteiger partial charge is 0.495 e. The molecular weight excluding hydrogens is 442 g/mol. The third kappa shape index (κ3) is 6.95. The number of para-hydroxylation sites is 2. The average Bonchev–Trinajstić information content (AvgIpc) is 2.79. The van der Waals surface area contributed by atoms with Crippen LogP contribution in [0.1, 0.15) is 31.4 Å². The summed E-state index contributed by atoms with van der Waals surface area (Å²) in [5.74, 6) is -0.453. The number of benzene rings is 2. The minimum atomic E-state index is -3.82. The fraction of sp³-hybridized carbons (Fsp3) is 0.417. The molecule has 0 spiro atoms. The molecular formula is C24H33N3O5S. The van der Waals surface area contributed by atoms with E-state index in [-0.39, 0.29) is 18.1 Å². The minimum absolute atomic E-state index is 0.176. The van der Waals surface area contributed by atoms with Crippen LogP contribution in [0.4, 0.5) is 5.69 Å². The van der Waals surface area contributed by atoms with Crippen LogP contribution >= 0.6 is 0 Å². The molecule has 2 aromatic rings. The third-order valence-electron chi connectivity index (χ3n) is 5.35. The standard InChI is InChI=1S/C24H33N3O5S/c1-6-15-25-24(29)19(3)26(16-20-12-8-7-11-18(20)2)23(28)17-27(33(5,30)31)21-13-9-10-14-22(21)32-4/h7-14,19H,6,15-17H2,1-5H3,(H,25,29)/t19-/m1/s1. The minimum Gasteiger partial charge on any atom is -0.495 e. The monoisotopic (exact) mass is 475 g/mol. The maximum absolute atomic E-state index is 13.5. The van der Waals surface area contributed by atoms with Crippen LogP contribution in [0.15, 0.2) is 48.5 Å². The molecule has 33 heavy (non-hydrogen) atoms. The number of nitrogens with zero attached hydrogens (tertiary/aromatic N) is 2. The second-order valence-electron chi connectivity index (χ2n) is 7.86. The van der Waals surface area contributed by atoms with E-state index in [9.17, 15) is 18.0 Å². The van der Waals surface area contributed by atoms with E-state index in [2.05, 4.69) is 5.32 Å². The summed E-state index contributed by atoms with van der Waals surface area (Å²) in [6.07, 6.45) is 1.80. The molecule has 0 bridgehead atoms.